The highest BCUT2D eigenvalue weighted by molar-refractivity contribution is 6.30. The Hall–Kier alpha value is -2.09. The van der Waals surface area contributed by atoms with Gasteiger partial charge in [-0.25, -0.2) is 0 Å². The minimum absolute atomic E-state index is 0.0497. The van der Waals surface area contributed by atoms with Crippen molar-refractivity contribution in [3.63, 3.8) is 0 Å². The van der Waals surface area contributed by atoms with Gasteiger partial charge >= 0.3 is 6.18 Å². The van der Waals surface area contributed by atoms with Gasteiger partial charge in [0.2, 0.25) is 0 Å². The Morgan fingerprint density at radius 3 is 1.85 bits per heavy atom. The van der Waals surface area contributed by atoms with Gasteiger partial charge in [-0.2, -0.15) is 13.2 Å². The maximum atomic E-state index is 14.0. The molecule has 0 aliphatic carbocycles. The van der Waals surface area contributed by atoms with Crippen molar-refractivity contribution in [3.8, 4) is 0 Å². The average Bonchev–Trinajstić information content (AvgIpc) is 2.90. The molecule has 1 atom stereocenters. The number of alkyl halides is 3. The van der Waals surface area contributed by atoms with E-state index in [1.54, 1.807) is 12.1 Å². The van der Waals surface area contributed by atoms with Crippen LogP contribution in [0.25, 0.3) is 0 Å². The summed E-state index contributed by atoms with van der Waals surface area (Å²) in [5.41, 5.74) is 3.03. The molecule has 8 heteroatoms. The lowest BCUT2D eigenvalue weighted by molar-refractivity contribution is -0.138. The van der Waals surface area contributed by atoms with Crippen LogP contribution in [0.15, 0.2) is 66.7 Å². The molecule has 1 aliphatic heterocycles. The molecule has 1 N–H and O–H groups in total. The lowest BCUT2D eigenvalue weighted by atomic mass is 9.76. The Kier molecular flexibility index (Phi) is 10.00. The van der Waals surface area contributed by atoms with Gasteiger partial charge in [0.1, 0.15) is 0 Å². The molecule has 1 aliphatic rings. The first kappa shape index (κ1) is 29.9. The lowest BCUT2D eigenvalue weighted by Crippen LogP contribution is -2.36. The summed E-state index contributed by atoms with van der Waals surface area (Å²) < 4.78 is 41.9. The summed E-state index contributed by atoms with van der Waals surface area (Å²) in [6.45, 7) is 2.44. The Morgan fingerprint density at radius 1 is 0.872 bits per heavy atom. The second kappa shape index (κ2) is 13.0. The van der Waals surface area contributed by atoms with Gasteiger partial charge in [0, 0.05) is 35.1 Å². The van der Waals surface area contributed by atoms with Crippen LogP contribution in [0.3, 0.4) is 0 Å². The molecule has 210 valence electrons. The maximum absolute atomic E-state index is 14.0. The van der Waals surface area contributed by atoms with Crippen LogP contribution in [0.4, 0.5) is 13.2 Å². The fourth-order valence-electron chi connectivity index (χ4n) is 5.73. The molecular weight excluding hydrogens is 542 g/mol. The number of piperidine rings is 1. The second-order valence-corrected chi connectivity index (χ2v) is 11.6. The molecule has 4 rings (SSSR count). The Bertz CT molecular complexity index is 1160. The van der Waals surface area contributed by atoms with E-state index in [1.165, 1.54) is 17.2 Å². The Labute approximate surface area is 239 Å². The van der Waals surface area contributed by atoms with E-state index in [2.05, 4.69) is 34.5 Å². The van der Waals surface area contributed by atoms with Crippen LogP contribution in [0, 0.1) is 5.92 Å². The van der Waals surface area contributed by atoms with E-state index in [1.807, 2.05) is 50.3 Å². The van der Waals surface area contributed by atoms with E-state index in [0.717, 1.165) is 31.5 Å². The van der Waals surface area contributed by atoms with Crippen molar-refractivity contribution < 1.29 is 13.2 Å². The largest absolute Gasteiger partial charge is 0.416 e. The number of hydrogen-bond donors (Lipinski definition) is 1. The summed E-state index contributed by atoms with van der Waals surface area (Å²) in [5.74, 6) is 0.518. The molecule has 0 spiro atoms. The molecule has 1 saturated heterocycles. The molecule has 1 heterocycles. The monoisotopic (exact) mass is 577 g/mol. The van der Waals surface area contributed by atoms with Crippen LogP contribution in [0.2, 0.25) is 10.0 Å². The minimum atomic E-state index is -4.39. The molecule has 3 aromatic rings. The van der Waals surface area contributed by atoms with Gasteiger partial charge in [-0.05, 0) is 106 Å². The van der Waals surface area contributed by atoms with Crippen LogP contribution in [0.1, 0.15) is 52.6 Å². The Morgan fingerprint density at radius 2 is 1.38 bits per heavy atom. The molecule has 1 fully saturated rings. The third kappa shape index (κ3) is 7.77. The summed E-state index contributed by atoms with van der Waals surface area (Å²) in [7, 11) is 5.76. The van der Waals surface area contributed by atoms with Crippen molar-refractivity contribution in [3.05, 3.63) is 105 Å². The van der Waals surface area contributed by atoms with Crippen LogP contribution in [-0.4, -0.2) is 50.6 Å². The van der Waals surface area contributed by atoms with Crippen molar-refractivity contribution in [2.24, 2.45) is 5.92 Å². The molecule has 3 aromatic carbocycles. The van der Waals surface area contributed by atoms with Crippen molar-refractivity contribution in [2.75, 3.05) is 40.8 Å². The molecule has 0 radical (unpaired) electrons. The number of benzene rings is 3. The van der Waals surface area contributed by atoms with E-state index in [4.69, 9.17) is 23.2 Å². The van der Waals surface area contributed by atoms with Crippen LogP contribution >= 0.6 is 23.2 Å². The predicted molar refractivity (Wildman–Crippen MR) is 155 cm³/mol. The highest BCUT2D eigenvalue weighted by atomic mass is 35.5. The van der Waals surface area contributed by atoms with Gasteiger partial charge < -0.3 is 10.2 Å². The third-order valence-electron chi connectivity index (χ3n) is 7.69. The topological polar surface area (TPSA) is 18.5 Å². The predicted octanol–water partition coefficient (Wildman–Crippen LogP) is 7.88. The van der Waals surface area contributed by atoms with E-state index < -0.39 is 11.7 Å². The first-order valence-electron chi connectivity index (χ1n) is 13.3. The third-order valence-corrected chi connectivity index (χ3v) is 8.19. The molecule has 3 nitrogen and oxygen atoms in total. The molecule has 1 unspecified atom stereocenters. The summed E-state index contributed by atoms with van der Waals surface area (Å²) in [4.78, 5) is 4.19. The van der Waals surface area contributed by atoms with Crippen molar-refractivity contribution in [2.45, 2.75) is 37.5 Å². The standard InChI is InChI=1S/C31H36Cl2F3N3/c1-37-29(20-38(2)3)24-8-13-28(31(34,35)36)25(18-24)19-39-16-14-23(15-17-39)30(21-4-9-26(32)10-5-21)22-6-11-27(33)12-7-22/h4-13,18,23,29-30,37H,14-17,19-20H2,1-3H3. The zero-order chi connectivity index (χ0) is 28.2. The van der Waals surface area contributed by atoms with E-state index >= 15 is 0 Å². The number of nitrogens with one attached hydrogen (secondary N) is 1. The number of nitrogens with zero attached hydrogens (tertiary/aromatic N) is 2. The zero-order valence-corrected chi connectivity index (χ0v) is 24.1. The highest BCUT2D eigenvalue weighted by Gasteiger charge is 2.35. The van der Waals surface area contributed by atoms with E-state index in [9.17, 15) is 13.2 Å². The minimum Gasteiger partial charge on any atom is -0.312 e. The maximum Gasteiger partial charge on any atom is 0.416 e. The van der Waals surface area contributed by atoms with E-state index in [0.29, 0.717) is 28.1 Å². The van der Waals surface area contributed by atoms with E-state index in [-0.39, 0.29) is 18.5 Å². The van der Waals surface area contributed by atoms with Crippen LogP contribution in [0.5, 0.6) is 0 Å². The quantitative estimate of drug-likeness (QED) is 0.279. The van der Waals surface area contributed by atoms with Crippen LogP contribution in [-0.2, 0) is 12.7 Å². The number of rotatable bonds is 9. The highest BCUT2D eigenvalue weighted by Crippen LogP contribution is 2.40. The average molecular weight is 579 g/mol. The first-order valence-corrected chi connectivity index (χ1v) is 14.1. The van der Waals surface area contributed by atoms with Crippen molar-refractivity contribution in [1.29, 1.82) is 0 Å². The molecule has 0 amide bonds. The smallest absolute Gasteiger partial charge is 0.312 e. The zero-order valence-electron chi connectivity index (χ0n) is 22.6. The first-order chi connectivity index (χ1) is 18.5. The van der Waals surface area contributed by atoms with Crippen molar-refractivity contribution in [1.82, 2.24) is 15.1 Å². The summed E-state index contributed by atoms with van der Waals surface area (Å²) in [6, 6.07) is 20.5. The van der Waals surface area contributed by atoms with Crippen LogP contribution < -0.4 is 5.32 Å². The SMILES string of the molecule is CNC(CN(C)C)c1ccc(C(F)(F)F)c(CN2CCC(C(c3ccc(Cl)cc3)c3ccc(Cl)cc3)CC2)c1. The normalized spacial score (nSPS) is 16.3. The molecule has 0 bridgehead atoms. The Balaban J connectivity index is 1.54. The number of hydrogen-bond acceptors (Lipinski definition) is 3. The van der Waals surface area contributed by atoms with Gasteiger partial charge in [0.05, 0.1) is 5.56 Å². The fourth-order valence-corrected chi connectivity index (χ4v) is 5.98. The van der Waals surface area contributed by atoms with Gasteiger partial charge in [-0.15, -0.1) is 0 Å². The van der Waals surface area contributed by atoms with Gasteiger partial charge in [-0.1, -0.05) is 59.6 Å². The molecular formula is C31H36Cl2F3N3. The van der Waals surface area contributed by atoms with Gasteiger partial charge in [0.15, 0.2) is 0 Å². The molecule has 0 aromatic heterocycles. The number of likely N-dealkylation sites (N-methyl/N-ethyl adjacent to an activating group) is 2. The van der Waals surface area contributed by atoms with Gasteiger partial charge in [0.25, 0.3) is 0 Å². The number of likely N-dealkylation sites (tertiary alicyclic amines) is 1. The molecule has 0 saturated carbocycles. The summed E-state index contributed by atoms with van der Waals surface area (Å²) >= 11 is 12.3. The summed E-state index contributed by atoms with van der Waals surface area (Å²) in [5, 5.41) is 4.63. The second-order valence-electron chi connectivity index (χ2n) is 10.7. The molecule has 39 heavy (non-hydrogen) atoms. The van der Waals surface area contributed by atoms with Crippen molar-refractivity contribution >= 4 is 23.2 Å². The fraction of sp³-hybridized carbons (Fsp3) is 0.419. The van der Waals surface area contributed by atoms with Gasteiger partial charge in [-0.3, -0.25) is 4.90 Å². The summed E-state index contributed by atoms with van der Waals surface area (Å²) in [6.07, 6.45) is -2.62. The lowest BCUT2D eigenvalue weighted by Gasteiger charge is -2.37. The number of halogens is 5.